The molecule has 0 spiro atoms. The van der Waals surface area contributed by atoms with Gasteiger partial charge in [-0.25, -0.2) is 9.97 Å². The number of rotatable bonds is 12. The van der Waals surface area contributed by atoms with E-state index in [2.05, 4.69) is 21.0 Å². The molecule has 302 valence electrons. The second kappa shape index (κ2) is 16.9. The number of pyridine rings is 4. The normalized spacial score (nSPS) is 15.7. The van der Waals surface area contributed by atoms with Crippen molar-refractivity contribution in [1.82, 2.24) is 24.3 Å². The maximum atomic E-state index is 9.73. The van der Waals surface area contributed by atoms with E-state index < -0.39 is 54.9 Å². The zero-order chi connectivity index (χ0) is 52.7. The zero-order valence-electron chi connectivity index (χ0n) is 45.8. The molecule has 5 heterocycles. The number of nitrogens with zero attached hydrogens (tertiary/aromatic N) is 5. The second-order valence-corrected chi connectivity index (χ2v) is 15.1. The Kier molecular flexibility index (Phi) is 7.33. The zero-order valence-corrected chi connectivity index (χ0v) is 33.8. The van der Waals surface area contributed by atoms with Gasteiger partial charge in [0.15, 0.2) is 0 Å². The van der Waals surface area contributed by atoms with Crippen LogP contribution in [0.15, 0.2) is 201 Å². The molecule has 11 rings (SSSR count). The highest BCUT2D eigenvalue weighted by Gasteiger charge is 2.15. The summed E-state index contributed by atoms with van der Waals surface area (Å²) in [6, 6.07) is 48.5. The molecule has 63 heavy (non-hydrogen) atoms. The Morgan fingerprint density at radius 2 is 0.968 bits per heavy atom. The molecule has 6 aromatic carbocycles. The van der Waals surface area contributed by atoms with Crippen molar-refractivity contribution in [3.8, 4) is 33.6 Å². The van der Waals surface area contributed by atoms with Gasteiger partial charge in [-0.05, 0) is 125 Å². The molecule has 0 aliphatic carbocycles. The lowest BCUT2D eigenvalue weighted by Crippen LogP contribution is -2.00. The highest BCUT2D eigenvalue weighted by atomic mass is 15.0. The Labute approximate surface area is 384 Å². The maximum absolute atomic E-state index is 9.73. The van der Waals surface area contributed by atoms with Crippen molar-refractivity contribution in [2.45, 2.75) is 38.2 Å². The van der Waals surface area contributed by atoms with Crippen LogP contribution in [0.4, 0.5) is 0 Å². The van der Waals surface area contributed by atoms with Crippen molar-refractivity contribution in [2.75, 3.05) is 0 Å². The quantitative estimate of drug-likeness (QED) is 0.0910. The molecule has 0 aliphatic rings. The lowest BCUT2D eigenvalue weighted by atomic mass is 9.93. The van der Waals surface area contributed by atoms with Crippen LogP contribution in [0.1, 0.15) is 49.8 Å². The van der Waals surface area contributed by atoms with Crippen molar-refractivity contribution >= 4 is 38.4 Å². The summed E-state index contributed by atoms with van der Waals surface area (Å²) < 4.78 is 116. The summed E-state index contributed by atoms with van der Waals surface area (Å²) >= 11 is 0. The number of hydrogen-bond donors (Lipinski definition) is 0. The summed E-state index contributed by atoms with van der Waals surface area (Å²) in [5.74, 6) is 0. The van der Waals surface area contributed by atoms with Gasteiger partial charge < -0.3 is 0 Å². The van der Waals surface area contributed by atoms with Gasteiger partial charge in [0.25, 0.3) is 0 Å². The monoisotopic (exact) mass is 823 g/mol. The minimum absolute atomic E-state index is 0.0862. The third kappa shape index (κ3) is 7.97. The van der Waals surface area contributed by atoms with Gasteiger partial charge in [-0.2, -0.15) is 0 Å². The second-order valence-electron chi connectivity index (χ2n) is 15.1. The number of aryl methyl sites for hydroxylation is 6. The molecule has 0 bridgehead atoms. The van der Waals surface area contributed by atoms with E-state index in [0.29, 0.717) is 44.5 Å². The van der Waals surface area contributed by atoms with Crippen LogP contribution in [0.5, 0.6) is 0 Å². The molecule has 0 fully saturated rings. The summed E-state index contributed by atoms with van der Waals surface area (Å²) in [6.45, 7) is 0. The van der Waals surface area contributed by atoms with Crippen molar-refractivity contribution in [2.24, 2.45) is 0 Å². The fraction of sp³-hybridized carbons (Fsp3) is 0.103. The van der Waals surface area contributed by atoms with E-state index in [1.807, 2.05) is 52.9 Å². The minimum Gasteiger partial charge on any atom is -0.298 e. The third-order valence-electron chi connectivity index (χ3n) is 11.0. The first-order chi connectivity index (χ1) is 35.7. The largest absolute Gasteiger partial charge is 0.298 e. The fourth-order valence-corrected chi connectivity index (χ4v) is 7.94. The molecule has 0 atom stereocenters. The van der Waals surface area contributed by atoms with E-state index in [1.165, 1.54) is 36.4 Å². The smallest absolute Gasteiger partial charge is 0.145 e. The molecule has 5 aromatic heterocycles. The third-order valence-corrected chi connectivity index (χ3v) is 11.0. The van der Waals surface area contributed by atoms with Crippen LogP contribution in [0, 0.1) is 0 Å². The first kappa shape index (κ1) is 27.2. The van der Waals surface area contributed by atoms with Crippen LogP contribution < -0.4 is 0 Å². The Balaban J connectivity index is 1.04. The number of imidazole rings is 1. The number of hydrogen-bond acceptors (Lipinski definition) is 4. The molecule has 5 heteroatoms. The van der Waals surface area contributed by atoms with Crippen LogP contribution in [0.3, 0.4) is 0 Å². The summed E-state index contributed by atoms with van der Waals surface area (Å²) in [7, 11) is 0. The number of aromatic nitrogens is 5. The molecule has 0 saturated heterocycles. The Hall–Kier alpha value is -7.76. The van der Waals surface area contributed by atoms with Crippen LogP contribution in [0.2, 0.25) is 0 Å². The van der Waals surface area contributed by atoms with Crippen molar-refractivity contribution in [3.63, 3.8) is 0 Å². The van der Waals surface area contributed by atoms with Gasteiger partial charge in [0.05, 0.1) is 27.9 Å². The summed E-state index contributed by atoms with van der Waals surface area (Å²) in [5.41, 5.74) is 5.18. The Morgan fingerprint density at radius 1 is 0.397 bits per heavy atom. The van der Waals surface area contributed by atoms with E-state index in [-0.39, 0.29) is 16.7 Å². The van der Waals surface area contributed by atoms with Crippen LogP contribution >= 0.6 is 0 Å². The maximum Gasteiger partial charge on any atom is 0.145 e. The van der Waals surface area contributed by atoms with Gasteiger partial charge >= 0.3 is 0 Å². The van der Waals surface area contributed by atoms with Gasteiger partial charge in [-0.1, -0.05) is 133 Å². The highest BCUT2D eigenvalue weighted by Crippen LogP contribution is 2.35. The molecule has 0 aliphatic heterocycles. The van der Waals surface area contributed by atoms with Gasteiger partial charge in [0.2, 0.25) is 0 Å². The Morgan fingerprint density at radius 3 is 1.57 bits per heavy atom. The molecule has 0 amide bonds. The lowest BCUT2D eigenvalue weighted by Gasteiger charge is -2.13. The van der Waals surface area contributed by atoms with Crippen molar-refractivity contribution < 1.29 is 16.4 Å². The molecule has 0 N–H and O–H groups in total. The average Bonchev–Trinajstić information content (AvgIpc) is 3.95. The average molecular weight is 824 g/mol. The van der Waals surface area contributed by atoms with E-state index in [1.54, 1.807) is 91.5 Å². The number of benzene rings is 6. The minimum atomic E-state index is -3.10. The van der Waals surface area contributed by atoms with E-state index >= 15 is 0 Å². The first-order valence-corrected chi connectivity index (χ1v) is 20.6. The Bertz CT molecular complexity index is 3820. The van der Waals surface area contributed by atoms with Gasteiger partial charge in [-0.15, -0.1) is 0 Å². The summed E-state index contributed by atoms with van der Waals surface area (Å²) in [4.78, 5) is 18.5. The van der Waals surface area contributed by atoms with Crippen molar-refractivity contribution in [3.05, 3.63) is 234 Å². The van der Waals surface area contributed by atoms with Gasteiger partial charge in [-0.3, -0.25) is 14.4 Å². The summed E-state index contributed by atoms with van der Waals surface area (Å²) in [5, 5.41) is 2.02. The molecular weight excluding hydrogens is 767 g/mol. The lowest BCUT2D eigenvalue weighted by molar-refractivity contribution is 0.904. The predicted octanol–water partition coefficient (Wildman–Crippen LogP) is 13.3. The molecule has 0 radical (unpaired) electrons. The SMILES string of the molecule is [2H]C([2H])(c1ccc(-c2ccccn2)cc1)C([2H])([2H])c1cc(C([2H])([2H])C([2H])([2H])c2ccc(-c3ccccn3)cc2)cc(C([2H])([2H])C([2H])([2H])c2ccc3c(c2)c2nccn2c2cc4c(-c5ccccc5)cccc4nc32)c1. The molecular formula is C58H45N5. The standard InChI is InChI=1S/C58H45N5/c1-2-9-46(10-3-1)49-11-8-14-55-51(49)39-56-57(62-55)50-30-25-42(38-52(50)58-61-33-34-63(56)58)17-20-45-36-43(18-15-40-21-26-47(27-22-40)53-12-4-6-31-59-53)35-44(37-45)19-16-41-23-28-48(29-24-41)54-13-5-7-32-60-54/h1-14,21-39H,15-20H2/i15D2,16D2,17D2,18D2,19D2,20D2. The highest BCUT2D eigenvalue weighted by molar-refractivity contribution is 6.13. The van der Waals surface area contributed by atoms with Crippen LogP contribution in [-0.2, 0) is 38.2 Å². The van der Waals surface area contributed by atoms with Crippen LogP contribution in [-0.4, -0.2) is 24.3 Å². The molecule has 0 saturated carbocycles. The van der Waals surface area contributed by atoms with Crippen LogP contribution in [0.25, 0.3) is 72.0 Å². The van der Waals surface area contributed by atoms with E-state index in [0.717, 1.165) is 45.7 Å². The van der Waals surface area contributed by atoms with Gasteiger partial charge in [0, 0.05) is 68.5 Å². The predicted molar refractivity (Wildman–Crippen MR) is 259 cm³/mol. The topological polar surface area (TPSA) is 56.0 Å². The van der Waals surface area contributed by atoms with E-state index in [9.17, 15) is 16.4 Å². The molecule has 0 unspecified atom stereocenters. The number of fused-ring (bicyclic) bond motifs is 7. The fourth-order valence-electron chi connectivity index (χ4n) is 7.94. The van der Waals surface area contributed by atoms with Crippen molar-refractivity contribution in [1.29, 1.82) is 0 Å². The molecule has 11 aromatic rings. The van der Waals surface area contributed by atoms with Gasteiger partial charge in [0.1, 0.15) is 5.65 Å². The first-order valence-electron chi connectivity index (χ1n) is 26.6. The molecule has 5 nitrogen and oxygen atoms in total. The van der Waals surface area contributed by atoms with E-state index in [4.69, 9.17) is 4.98 Å². The summed E-state index contributed by atoms with van der Waals surface area (Å²) in [6.07, 6.45) is -11.2.